The first-order chi connectivity index (χ1) is 18.2. The second kappa shape index (κ2) is 11.9. The molecule has 0 radical (unpaired) electrons. The van der Waals surface area contributed by atoms with Gasteiger partial charge in [0.25, 0.3) is 5.22 Å². The van der Waals surface area contributed by atoms with Gasteiger partial charge in [0.05, 0.1) is 25.5 Å². The lowest BCUT2D eigenvalue weighted by Crippen LogP contribution is -2.13. The zero-order valence-electron chi connectivity index (χ0n) is 20.3. The van der Waals surface area contributed by atoms with Gasteiger partial charge in [-0.05, 0) is 59.7 Å². The minimum absolute atomic E-state index is 0.00791. The van der Waals surface area contributed by atoms with Crippen LogP contribution in [0.1, 0.15) is 16.7 Å². The second-order valence-electron chi connectivity index (χ2n) is 7.89. The van der Waals surface area contributed by atoms with Gasteiger partial charge in [-0.25, -0.2) is 0 Å². The summed E-state index contributed by atoms with van der Waals surface area (Å²) in [6.07, 6.45) is -0.567. The van der Waals surface area contributed by atoms with Crippen molar-refractivity contribution in [1.82, 2.24) is 10.2 Å². The van der Waals surface area contributed by atoms with Gasteiger partial charge in [0.15, 0.2) is 0 Å². The standard InChI is InChI=1S/C27H22F3N3O4S/c1-35-22-13-18(14-23(15-22)36-2)4-3-17-5-11-21(12-6-17)31-24(34)16-38-26-33-32-25(37-26)19-7-9-20(10-8-19)27(28,29)30/h3-15H,16H2,1-2H3,(H,31,34)/b4-3+. The minimum Gasteiger partial charge on any atom is -0.497 e. The summed E-state index contributed by atoms with van der Waals surface area (Å²) in [5.74, 6) is 1.18. The highest BCUT2D eigenvalue weighted by atomic mass is 32.2. The normalized spacial score (nSPS) is 11.5. The summed E-state index contributed by atoms with van der Waals surface area (Å²) >= 11 is 1.02. The van der Waals surface area contributed by atoms with Crippen LogP contribution in [0.25, 0.3) is 23.6 Å². The van der Waals surface area contributed by atoms with E-state index in [9.17, 15) is 18.0 Å². The van der Waals surface area contributed by atoms with E-state index in [0.29, 0.717) is 22.7 Å². The van der Waals surface area contributed by atoms with Crippen LogP contribution in [-0.2, 0) is 11.0 Å². The number of anilines is 1. The molecule has 0 aliphatic heterocycles. The molecule has 4 rings (SSSR count). The number of hydrogen-bond donors (Lipinski definition) is 1. The zero-order valence-corrected chi connectivity index (χ0v) is 21.1. The summed E-state index contributed by atoms with van der Waals surface area (Å²) in [6.45, 7) is 0. The molecular formula is C27H22F3N3O4S. The Kier molecular flexibility index (Phi) is 8.37. The van der Waals surface area contributed by atoms with Gasteiger partial charge in [0, 0.05) is 17.3 Å². The van der Waals surface area contributed by atoms with Crippen molar-refractivity contribution in [3.05, 3.63) is 83.4 Å². The van der Waals surface area contributed by atoms with Crippen LogP contribution in [0.15, 0.2) is 76.4 Å². The summed E-state index contributed by atoms with van der Waals surface area (Å²) in [4.78, 5) is 12.3. The number of ether oxygens (including phenoxy) is 2. The lowest BCUT2D eigenvalue weighted by Gasteiger charge is -2.06. The molecule has 11 heteroatoms. The van der Waals surface area contributed by atoms with E-state index in [1.807, 2.05) is 36.4 Å². The SMILES string of the molecule is COc1cc(/C=C/c2ccc(NC(=O)CSc3nnc(-c4ccc(C(F)(F)F)cc4)o3)cc2)cc(OC)c1. The molecular weight excluding hydrogens is 519 g/mol. The highest BCUT2D eigenvalue weighted by Crippen LogP contribution is 2.31. The molecule has 0 spiro atoms. The summed E-state index contributed by atoms with van der Waals surface area (Å²) < 4.78 is 54.2. The fourth-order valence-electron chi connectivity index (χ4n) is 3.31. The molecule has 0 aliphatic carbocycles. The quantitative estimate of drug-likeness (QED) is 0.187. The number of alkyl halides is 3. The Bertz CT molecular complexity index is 1400. The van der Waals surface area contributed by atoms with Gasteiger partial charge in [-0.2, -0.15) is 13.2 Å². The molecule has 1 amide bonds. The van der Waals surface area contributed by atoms with E-state index in [0.717, 1.165) is 35.0 Å². The molecule has 0 saturated heterocycles. The molecule has 196 valence electrons. The van der Waals surface area contributed by atoms with Gasteiger partial charge < -0.3 is 19.2 Å². The van der Waals surface area contributed by atoms with Crippen molar-refractivity contribution in [1.29, 1.82) is 0 Å². The van der Waals surface area contributed by atoms with Crippen LogP contribution >= 0.6 is 11.8 Å². The first-order valence-corrected chi connectivity index (χ1v) is 12.2. The molecule has 1 N–H and O–H groups in total. The molecule has 0 atom stereocenters. The van der Waals surface area contributed by atoms with Crippen LogP contribution in [0, 0.1) is 0 Å². The number of amides is 1. The summed E-state index contributed by atoms with van der Waals surface area (Å²) in [5.41, 5.74) is 2.04. The van der Waals surface area contributed by atoms with Crippen LogP contribution < -0.4 is 14.8 Å². The monoisotopic (exact) mass is 541 g/mol. The number of aromatic nitrogens is 2. The molecule has 0 unspecified atom stereocenters. The highest BCUT2D eigenvalue weighted by Gasteiger charge is 2.30. The number of rotatable bonds is 9. The number of carbonyl (C=O) groups excluding carboxylic acids is 1. The largest absolute Gasteiger partial charge is 0.497 e. The topological polar surface area (TPSA) is 86.5 Å². The van der Waals surface area contributed by atoms with Crippen LogP contribution in [0.5, 0.6) is 11.5 Å². The number of benzene rings is 3. The molecule has 4 aromatic rings. The number of halogens is 3. The van der Waals surface area contributed by atoms with E-state index in [1.54, 1.807) is 32.4 Å². The number of thioether (sulfide) groups is 1. The molecule has 0 fully saturated rings. The molecule has 7 nitrogen and oxygen atoms in total. The van der Waals surface area contributed by atoms with Crippen molar-refractivity contribution in [3.63, 3.8) is 0 Å². The van der Waals surface area contributed by atoms with Crippen LogP contribution in [0.4, 0.5) is 18.9 Å². The lowest BCUT2D eigenvalue weighted by molar-refractivity contribution is -0.137. The summed E-state index contributed by atoms with van der Waals surface area (Å²) in [6, 6.07) is 17.3. The fraction of sp³-hybridized carbons (Fsp3) is 0.148. The third-order valence-electron chi connectivity index (χ3n) is 5.23. The van der Waals surface area contributed by atoms with E-state index in [4.69, 9.17) is 13.9 Å². The zero-order chi connectivity index (χ0) is 27.1. The molecule has 3 aromatic carbocycles. The fourth-order valence-corrected chi connectivity index (χ4v) is 3.87. The van der Waals surface area contributed by atoms with Gasteiger partial charge in [0.1, 0.15) is 11.5 Å². The van der Waals surface area contributed by atoms with Crippen molar-refractivity contribution in [2.45, 2.75) is 11.4 Å². The van der Waals surface area contributed by atoms with Crippen LogP contribution in [-0.4, -0.2) is 36.1 Å². The molecule has 1 heterocycles. The Morgan fingerprint density at radius 1 is 0.921 bits per heavy atom. The van der Waals surface area contributed by atoms with Gasteiger partial charge >= 0.3 is 6.18 Å². The first kappa shape index (κ1) is 26.8. The van der Waals surface area contributed by atoms with Crippen molar-refractivity contribution in [3.8, 4) is 23.0 Å². The van der Waals surface area contributed by atoms with Gasteiger partial charge in [-0.3, -0.25) is 4.79 Å². The smallest absolute Gasteiger partial charge is 0.416 e. The van der Waals surface area contributed by atoms with E-state index in [1.165, 1.54) is 12.1 Å². The molecule has 38 heavy (non-hydrogen) atoms. The maximum Gasteiger partial charge on any atom is 0.416 e. The maximum absolute atomic E-state index is 12.7. The molecule has 0 saturated carbocycles. The Balaban J connectivity index is 1.29. The van der Waals surface area contributed by atoms with Crippen molar-refractivity contribution < 1.29 is 31.9 Å². The Morgan fingerprint density at radius 2 is 1.55 bits per heavy atom. The van der Waals surface area contributed by atoms with E-state index in [2.05, 4.69) is 15.5 Å². The Morgan fingerprint density at radius 3 is 2.16 bits per heavy atom. The Hall–Kier alpha value is -4.25. The van der Waals surface area contributed by atoms with Gasteiger partial charge in [-0.15, -0.1) is 10.2 Å². The number of carbonyl (C=O) groups is 1. The van der Waals surface area contributed by atoms with Crippen molar-refractivity contribution in [2.24, 2.45) is 0 Å². The third kappa shape index (κ3) is 7.16. The molecule has 0 aliphatic rings. The highest BCUT2D eigenvalue weighted by molar-refractivity contribution is 7.99. The van der Waals surface area contributed by atoms with Gasteiger partial charge in [-0.1, -0.05) is 36.0 Å². The predicted molar refractivity (Wildman–Crippen MR) is 139 cm³/mol. The third-order valence-corrected chi connectivity index (χ3v) is 6.05. The average molecular weight is 542 g/mol. The predicted octanol–water partition coefficient (Wildman–Crippen LogP) is 6.67. The van der Waals surface area contributed by atoms with Crippen LogP contribution in [0.3, 0.4) is 0 Å². The minimum atomic E-state index is -4.43. The average Bonchev–Trinajstić information content (AvgIpc) is 3.40. The summed E-state index contributed by atoms with van der Waals surface area (Å²) in [5, 5.41) is 10.6. The maximum atomic E-state index is 12.7. The Labute approximate surface area is 220 Å². The number of hydrogen-bond acceptors (Lipinski definition) is 7. The van der Waals surface area contributed by atoms with Crippen molar-refractivity contribution in [2.75, 3.05) is 25.3 Å². The van der Waals surface area contributed by atoms with Gasteiger partial charge in [0.2, 0.25) is 11.8 Å². The number of nitrogens with one attached hydrogen (secondary N) is 1. The first-order valence-electron chi connectivity index (χ1n) is 11.2. The van der Waals surface area contributed by atoms with E-state index < -0.39 is 11.7 Å². The lowest BCUT2D eigenvalue weighted by atomic mass is 10.1. The summed E-state index contributed by atoms with van der Waals surface area (Å²) in [7, 11) is 3.19. The molecule has 1 aromatic heterocycles. The molecule has 0 bridgehead atoms. The van der Waals surface area contributed by atoms with E-state index in [-0.39, 0.29) is 22.8 Å². The van der Waals surface area contributed by atoms with Crippen molar-refractivity contribution >= 4 is 35.5 Å². The second-order valence-corrected chi connectivity index (χ2v) is 8.81. The van der Waals surface area contributed by atoms with E-state index >= 15 is 0 Å². The van der Waals surface area contributed by atoms with Crippen LogP contribution in [0.2, 0.25) is 0 Å². The number of nitrogens with zero attached hydrogens (tertiary/aromatic N) is 2. The number of methoxy groups -OCH3 is 2.